The van der Waals surface area contributed by atoms with Crippen LogP contribution in [0.4, 0.5) is 4.79 Å². The molecule has 0 fully saturated rings. The molecule has 0 heterocycles. The molecule has 0 aliphatic carbocycles. The molecule has 0 aromatic carbocycles. The summed E-state index contributed by atoms with van der Waals surface area (Å²) in [6.45, 7) is 6.59. The van der Waals surface area contributed by atoms with Crippen LogP contribution < -0.4 is 0 Å². The van der Waals surface area contributed by atoms with Gasteiger partial charge in [0.2, 0.25) is 0 Å². The minimum Gasteiger partial charge on any atom is -0.463 e. The molecule has 0 saturated heterocycles. The van der Waals surface area contributed by atoms with Gasteiger partial charge in [-0.2, -0.15) is 4.74 Å². The molecule has 0 aromatic rings. The van der Waals surface area contributed by atoms with E-state index >= 15 is 0 Å². The van der Waals surface area contributed by atoms with Gasteiger partial charge in [-0.1, -0.05) is 59.3 Å². The molecule has 0 aliphatic rings. The van der Waals surface area contributed by atoms with Gasteiger partial charge in [0.05, 0.1) is 0 Å². The average molecular weight is 303 g/mol. The normalized spacial score (nSPS) is 11.6. The Morgan fingerprint density at radius 3 is 1.40 bits per heavy atom. The maximum absolute atomic E-state index is 11.2. The second-order valence-electron chi connectivity index (χ2n) is 5.77. The average Bonchev–Trinajstić information content (AvgIpc) is 2.39. The van der Waals surface area contributed by atoms with E-state index in [1.807, 2.05) is 0 Å². The van der Waals surface area contributed by atoms with Gasteiger partial charge in [-0.25, -0.2) is 4.79 Å². The molecule has 0 unspecified atom stereocenters. The van der Waals surface area contributed by atoms with Crippen LogP contribution in [0.25, 0.3) is 0 Å². The molecule has 20 heavy (non-hydrogen) atoms. The van der Waals surface area contributed by atoms with Crippen molar-refractivity contribution in [2.24, 2.45) is 4.74 Å². The van der Waals surface area contributed by atoms with Crippen molar-refractivity contribution in [3.8, 4) is 0 Å². The van der Waals surface area contributed by atoms with E-state index in [0.717, 1.165) is 37.7 Å². The van der Waals surface area contributed by atoms with Gasteiger partial charge in [-0.15, -0.1) is 0 Å². The summed E-state index contributed by atoms with van der Waals surface area (Å²) in [6, 6.07) is 0. The molecule has 3 nitrogen and oxygen atoms in total. The second kappa shape index (κ2) is 12.4. The van der Waals surface area contributed by atoms with E-state index in [1.54, 1.807) is 0 Å². The van der Waals surface area contributed by atoms with E-state index in [2.05, 4.69) is 25.5 Å². The van der Waals surface area contributed by atoms with E-state index < -0.39 is 13.1 Å². The zero-order valence-corrected chi connectivity index (χ0v) is 14.6. The fourth-order valence-electron chi connectivity index (χ4n) is 2.64. The van der Waals surface area contributed by atoms with E-state index in [-0.39, 0.29) is 0 Å². The number of hydrogen-bond donors (Lipinski definition) is 1. The van der Waals surface area contributed by atoms with Gasteiger partial charge in [-0.3, -0.25) is 0 Å². The molecule has 1 N–H and O–H groups in total. The van der Waals surface area contributed by atoms with Crippen molar-refractivity contribution in [2.45, 2.75) is 78.6 Å². The number of amides is 1. The highest BCUT2D eigenvalue weighted by Crippen LogP contribution is 2.52. The van der Waals surface area contributed by atoms with Gasteiger partial charge < -0.3 is 5.11 Å². The minimum atomic E-state index is -1.62. The van der Waals surface area contributed by atoms with Crippen LogP contribution in [0.2, 0.25) is 0 Å². The lowest BCUT2D eigenvalue weighted by Crippen LogP contribution is -2.04. The van der Waals surface area contributed by atoms with Crippen LogP contribution in [0.15, 0.2) is 4.74 Å². The van der Waals surface area contributed by atoms with Gasteiger partial charge in [0.25, 0.3) is 0 Å². The van der Waals surface area contributed by atoms with Gasteiger partial charge >= 0.3 is 6.09 Å². The van der Waals surface area contributed by atoms with Crippen molar-refractivity contribution in [3.05, 3.63) is 0 Å². The third kappa shape index (κ3) is 9.58. The smallest absolute Gasteiger partial charge is 0.429 e. The molecule has 0 atom stereocenters. The standard InChI is InChI=1S/C16H34NO2P/c1-4-7-10-13-20(17-16(18)19,14-11-8-5-2)15-12-9-6-3/h4-15H2,1-3H3,(H,18,19). The molecule has 0 radical (unpaired) electrons. The Kier molecular flexibility index (Phi) is 12.3. The summed E-state index contributed by atoms with van der Waals surface area (Å²) in [5.74, 6) is 0. The zero-order chi connectivity index (χ0) is 15.3. The molecule has 0 rings (SSSR count). The van der Waals surface area contributed by atoms with Crippen molar-refractivity contribution in [1.29, 1.82) is 0 Å². The lowest BCUT2D eigenvalue weighted by Gasteiger charge is -2.24. The lowest BCUT2D eigenvalue weighted by molar-refractivity contribution is 0.206. The Morgan fingerprint density at radius 1 is 0.800 bits per heavy atom. The highest BCUT2D eigenvalue weighted by Gasteiger charge is 2.20. The molecule has 4 heteroatoms. The molecule has 0 saturated carbocycles. The number of carbonyl (C=O) groups is 1. The minimum absolute atomic E-state index is 0.928. The largest absolute Gasteiger partial charge is 0.463 e. The molecule has 0 bridgehead atoms. The Morgan fingerprint density at radius 2 is 1.15 bits per heavy atom. The number of unbranched alkanes of at least 4 members (excludes halogenated alkanes) is 6. The first-order chi connectivity index (χ1) is 9.60. The van der Waals surface area contributed by atoms with Gasteiger partial charge in [0, 0.05) is 0 Å². The maximum atomic E-state index is 11.2. The zero-order valence-electron chi connectivity index (χ0n) is 13.7. The van der Waals surface area contributed by atoms with Crippen molar-refractivity contribution < 1.29 is 9.90 Å². The fraction of sp³-hybridized carbons (Fsp3) is 0.938. The van der Waals surface area contributed by atoms with Crippen molar-refractivity contribution in [1.82, 2.24) is 0 Å². The molecule has 1 amide bonds. The molecule has 120 valence electrons. The molecular weight excluding hydrogens is 269 g/mol. The van der Waals surface area contributed by atoms with Crippen LogP contribution in [-0.4, -0.2) is 29.7 Å². The summed E-state index contributed by atoms with van der Waals surface area (Å²) in [4.78, 5) is 11.2. The van der Waals surface area contributed by atoms with E-state index in [1.165, 1.54) is 38.5 Å². The maximum Gasteiger partial charge on any atom is 0.429 e. The molecule has 0 spiro atoms. The second-order valence-corrected chi connectivity index (χ2v) is 9.50. The van der Waals surface area contributed by atoms with Crippen LogP contribution in [0, 0.1) is 0 Å². The van der Waals surface area contributed by atoms with Crippen LogP contribution in [0.3, 0.4) is 0 Å². The molecular formula is C16H34NO2P. The first kappa shape index (κ1) is 19.7. The predicted molar refractivity (Wildman–Crippen MR) is 90.5 cm³/mol. The summed E-state index contributed by atoms with van der Waals surface area (Å²) < 4.78 is 4.25. The van der Waals surface area contributed by atoms with E-state index in [9.17, 15) is 9.90 Å². The highest BCUT2D eigenvalue weighted by molar-refractivity contribution is 7.66. The number of rotatable bonds is 12. The topological polar surface area (TPSA) is 49.7 Å². The number of carboxylic acid groups (broad SMARTS) is 1. The Hall–Kier alpha value is -0.300. The van der Waals surface area contributed by atoms with Crippen LogP contribution in [0.5, 0.6) is 0 Å². The van der Waals surface area contributed by atoms with Crippen LogP contribution in [-0.2, 0) is 0 Å². The van der Waals surface area contributed by atoms with Gasteiger partial charge in [-0.05, 0) is 44.8 Å². The fourth-order valence-corrected chi connectivity index (χ4v) is 6.41. The first-order valence-electron chi connectivity index (χ1n) is 8.42. The Labute approximate surface area is 125 Å². The summed E-state index contributed by atoms with van der Waals surface area (Å²) in [5.41, 5.74) is 0. The summed E-state index contributed by atoms with van der Waals surface area (Å²) in [6.07, 6.45) is 12.9. The first-order valence-corrected chi connectivity index (χ1v) is 10.7. The SMILES string of the molecule is CCCCCP(CCCCC)(CCCCC)=NC(=O)O. The lowest BCUT2D eigenvalue weighted by atomic mass is 10.3. The Bertz CT molecular complexity index is 270. The summed E-state index contributed by atoms with van der Waals surface area (Å²) >= 11 is 0. The Balaban J connectivity index is 4.81. The van der Waals surface area contributed by atoms with Crippen molar-refractivity contribution >= 4 is 13.1 Å². The molecule has 0 aliphatic heterocycles. The third-order valence-electron chi connectivity index (χ3n) is 3.83. The summed E-state index contributed by atoms with van der Waals surface area (Å²) in [7, 11) is -1.62. The van der Waals surface area contributed by atoms with Crippen molar-refractivity contribution in [2.75, 3.05) is 18.5 Å². The number of hydrogen-bond acceptors (Lipinski definition) is 1. The van der Waals surface area contributed by atoms with Crippen molar-refractivity contribution in [3.63, 3.8) is 0 Å². The highest BCUT2D eigenvalue weighted by atomic mass is 31.2. The number of nitrogens with zero attached hydrogens (tertiary/aromatic N) is 1. The quantitative estimate of drug-likeness (QED) is 0.333. The van der Waals surface area contributed by atoms with E-state index in [4.69, 9.17) is 0 Å². The predicted octanol–water partition coefficient (Wildman–Crippen LogP) is 6.44. The third-order valence-corrected chi connectivity index (χ3v) is 7.87. The van der Waals surface area contributed by atoms with Crippen LogP contribution >= 0.6 is 7.05 Å². The molecule has 0 aromatic heterocycles. The summed E-state index contributed by atoms with van der Waals surface area (Å²) in [5, 5.41) is 9.18. The van der Waals surface area contributed by atoms with E-state index in [0.29, 0.717) is 0 Å². The van der Waals surface area contributed by atoms with Crippen LogP contribution in [0.1, 0.15) is 78.6 Å². The van der Waals surface area contributed by atoms with Gasteiger partial charge in [0.15, 0.2) is 0 Å². The van der Waals surface area contributed by atoms with Gasteiger partial charge in [0.1, 0.15) is 0 Å². The monoisotopic (exact) mass is 303 g/mol.